The van der Waals surface area contributed by atoms with E-state index in [0.717, 1.165) is 42.7 Å². The van der Waals surface area contributed by atoms with Crippen molar-refractivity contribution in [1.29, 1.82) is 0 Å². The number of aromatic hydroxyl groups is 1. The lowest BCUT2D eigenvalue weighted by Gasteiger charge is -2.24. The molecule has 1 aliphatic rings. The normalized spacial score (nSPS) is 19.6. The van der Waals surface area contributed by atoms with Gasteiger partial charge in [-0.2, -0.15) is 0 Å². The Kier molecular flexibility index (Phi) is 5.03. The molecule has 18 heavy (non-hydrogen) atoms. The van der Waals surface area contributed by atoms with E-state index in [-0.39, 0.29) is 0 Å². The number of likely N-dealkylation sites (N-methyl/N-ethyl adjacent to an activating group) is 1. The molecule has 1 heterocycles. The van der Waals surface area contributed by atoms with Crippen molar-refractivity contribution < 1.29 is 9.84 Å². The van der Waals surface area contributed by atoms with Gasteiger partial charge in [-0.25, -0.2) is 0 Å². The molecule has 2 rings (SSSR count). The van der Waals surface area contributed by atoms with E-state index >= 15 is 0 Å². The monoisotopic (exact) mass is 313 g/mol. The van der Waals surface area contributed by atoms with Crippen molar-refractivity contribution in [2.75, 3.05) is 19.7 Å². The standard InChI is InChI=1S/C14H20BrNO2/c1-2-16(10-12-6-4-8-18-12)9-11-5-3-7-13(15)14(11)17/h3,5,7,12,17H,2,4,6,8-10H2,1H3. The van der Waals surface area contributed by atoms with Crippen LogP contribution in [0.5, 0.6) is 5.75 Å². The zero-order valence-electron chi connectivity index (χ0n) is 10.7. The fraction of sp³-hybridized carbons (Fsp3) is 0.571. The van der Waals surface area contributed by atoms with Crippen LogP contribution in [0.2, 0.25) is 0 Å². The van der Waals surface area contributed by atoms with E-state index in [2.05, 4.69) is 27.8 Å². The largest absolute Gasteiger partial charge is 0.506 e. The van der Waals surface area contributed by atoms with Gasteiger partial charge in [-0.05, 0) is 41.4 Å². The first-order chi connectivity index (χ1) is 8.70. The molecule has 0 radical (unpaired) electrons. The van der Waals surface area contributed by atoms with Gasteiger partial charge in [0.05, 0.1) is 10.6 Å². The first kappa shape index (κ1) is 13.8. The first-order valence-electron chi connectivity index (χ1n) is 6.51. The van der Waals surface area contributed by atoms with Crippen LogP contribution in [0, 0.1) is 0 Å². The molecule has 1 unspecified atom stereocenters. The lowest BCUT2D eigenvalue weighted by molar-refractivity contribution is 0.0722. The third kappa shape index (κ3) is 3.46. The lowest BCUT2D eigenvalue weighted by atomic mass is 10.1. The summed E-state index contributed by atoms with van der Waals surface area (Å²) in [5.41, 5.74) is 0.962. The number of para-hydroxylation sites is 1. The van der Waals surface area contributed by atoms with Crippen molar-refractivity contribution in [2.24, 2.45) is 0 Å². The van der Waals surface area contributed by atoms with E-state index in [0.29, 0.717) is 11.9 Å². The van der Waals surface area contributed by atoms with Gasteiger partial charge in [0.1, 0.15) is 5.75 Å². The molecule has 1 aromatic rings. The Balaban J connectivity index is 1.98. The highest BCUT2D eigenvalue weighted by Crippen LogP contribution is 2.28. The van der Waals surface area contributed by atoms with E-state index in [9.17, 15) is 5.11 Å². The number of phenols is 1. The minimum absolute atomic E-state index is 0.350. The van der Waals surface area contributed by atoms with Crippen molar-refractivity contribution in [2.45, 2.75) is 32.4 Å². The number of nitrogens with zero attached hydrogens (tertiary/aromatic N) is 1. The number of halogens is 1. The molecule has 1 aliphatic heterocycles. The molecule has 3 nitrogen and oxygen atoms in total. The van der Waals surface area contributed by atoms with Gasteiger partial charge in [0.2, 0.25) is 0 Å². The molecular formula is C14H20BrNO2. The smallest absolute Gasteiger partial charge is 0.134 e. The van der Waals surface area contributed by atoms with Crippen LogP contribution in [0.1, 0.15) is 25.3 Å². The second kappa shape index (κ2) is 6.55. The second-order valence-corrected chi connectivity index (χ2v) is 5.56. The zero-order valence-corrected chi connectivity index (χ0v) is 12.3. The molecule has 0 spiro atoms. The lowest BCUT2D eigenvalue weighted by Crippen LogP contribution is -2.31. The van der Waals surface area contributed by atoms with E-state index in [1.807, 2.05) is 18.2 Å². The average Bonchev–Trinajstić information content (AvgIpc) is 2.86. The molecule has 1 aromatic carbocycles. The van der Waals surface area contributed by atoms with Gasteiger partial charge in [-0.3, -0.25) is 4.90 Å². The molecule has 100 valence electrons. The summed E-state index contributed by atoms with van der Waals surface area (Å²) in [7, 11) is 0. The molecule has 0 aromatic heterocycles. The van der Waals surface area contributed by atoms with Gasteiger partial charge in [-0.15, -0.1) is 0 Å². The van der Waals surface area contributed by atoms with Gasteiger partial charge in [-0.1, -0.05) is 19.1 Å². The van der Waals surface area contributed by atoms with Crippen LogP contribution in [0.4, 0.5) is 0 Å². The summed E-state index contributed by atoms with van der Waals surface area (Å²) in [4.78, 5) is 2.32. The van der Waals surface area contributed by atoms with Gasteiger partial charge < -0.3 is 9.84 Å². The topological polar surface area (TPSA) is 32.7 Å². The van der Waals surface area contributed by atoms with Crippen molar-refractivity contribution in [3.05, 3.63) is 28.2 Å². The van der Waals surface area contributed by atoms with Crippen molar-refractivity contribution in [3.8, 4) is 5.75 Å². The summed E-state index contributed by atoms with van der Waals surface area (Å²) in [6.07, 6.45) is 2.69. The summed E-state index contributed by atoms with van der Waals surface area (Å²) in [6.45, 7) is 5.71. The third-order valence-electron chi connectivity index (χ3n) is 3.40. The first-order valence-corrected chi connectivity index (χ1v) is 7.30. The summed E-state index contributed by atoms with van der Waals surface area (Å²) < 4.78 is 6.42. The van der Waals surface area contributed by atoms with Gasteiger partial charge >= 0.3 is 0 Å². The SMILES string of the molecule is CCN(Cc1cccc(Br)c1O)CC1CCCO1. The van der Waals surface area contributed by atoms with E-state index in [1.165, 1.54) is 6.42 Å². The minimum atomic E-state index is 0.350. The van der Waals surface area contributed by atoms with Crippen LogP contribution in [0.25, 0.3) is 0 Å². The number of hydrogen-bond acceptors (Lipinski definition) is 3. The Morgan fingerprint density at radius 2 is 2.33 bits per heavy atom. The maximum atomic E-state index is 10.00. The maximum Gasteiger partial charge on any atom is 0.134 e. The summed E-state index contributed by atoms with van der Waals surface area (Å²) in [5, 5.41) is 10.00. The van der Waals surface area contributed by atoms with Gasteiger partial charge in [0.25, 0.3) is 0 Å². The van der Waals surface area contributed by atoms with Gasteiger partial charge in [0, 0.05) is 25.3 Å². The van der Waals surface area contributed by atoms with Crippen LogP contribution in [-0.2, 0) is 11.3 Å². The highest BCUT2D eigenvalue weighted by molar-refractivity contribution is 9.10. The van der Waals surface area contributed by atoms with Crippen LogP contribution in [0.15, 0.2) is 22.7 Å². The quantitative estimate of drug-likeness (QED) is 0.906. The molecule has 4 heteroatoms. The number of benzene rings is 1. The van der Waals surface area contributed by atoms with Crippen molar-refractivity contribution in [1.82, 2.24) is 4.90 Å². The van der Waals surface area contributed by atoms with Crippen molar-refractivity contribution in [3.63, 3.8) is 0 Å². The summed E-state index contributed by atoms with van der Waals surface area (Å²) >= 11 is 3.35. The third-order valence-corrected chi connectivity index (χ3v) is 4.04. The maximum absolute atomic E-state index is 10.00. The molecule has 1 N–H and O–H groups in total. The summed E-state index contributed by atoms with van der Waals surface area (Å²) in [6, 6.07) is 5.78. The molecule has 0 amide bonds. The Bertz CT molecular complexity index is 391. The van der Waals surface area contributed by atoms with E-state index in [4.69, 9.17) is 4.74 Å². The highest BCUT2D eigenvalue weighted by Gasteiger charge is 2.19. The molecule has 1 atom stereocenters. The Labute approximate surface area is 117 Å². The number of ether oxygens (including phenoxy) is 1. The van der Waals surface area contributed by atoms with Crippen LogP contribution in [0.3, 0.4) is 0 Å². The molecule has 0 bridgehead atoms. The highest BCUT2D eigenvalue weighted by atomic mass is 79.9. The zero-order chi connectivity index (χ0) is 13.0. The van der Waals surface area contributed by atoms with E-state index < -0.39 is 0 Å². The average molecular weight is 314 g/mol. The molecular weight excluding hydrogens is 294 g/mol. The molecule has 1 fully saturated rings. The molecule has 1 saturated heterocycles. The molecule has 0 aliphatic carbocycles. The number of rotatable bonds is 5. The van der Waals surface area contributed by atoms with Crippen LogP contribution in [-0.4, -0.2) is 35.8 Å². The Morgan fingerprint density at radius 1 is 1.50 bits per heavy atom. The number of phenolic OH excluding ortho intramolecular Hbond substituents is 1. The fourth-order valence-corrected chi connectivity index (χ4v) is 2.72. The fourth-order valence-electron chi connectivity index (χ4n) is 2.31. The summed E-state index contributed by atoms with van der Waals surface area (Å²) in [5.74, 6) is 0.350. The van der Waals surface area contributed by atoms with Crippen LogP contribution >= 0.6 is 15.9 Å². The predicted octanol–water partition coefficient (Wildman–Crippen LogP) is 3.16. The van der Waals surface area contributed by atoms with Crippen molar-refractivity contribution >= 4 is 15.9 Å². The minimum Gasteiger partial charge on any atom is -0.506 e. The van der Waals surface area contributed by atoms with E-state index in [1.54, 1.807) is 0 Å². The Hall–Kier alpha value is -0.580. The molecule has 0 saturated carbocycles. The van der Waals surface area contributed by atoms with Crippen LogP contribution < -0.4 is 0 Å². The number of hydrogen-bond donors (Lipinski definition) is 1. The van der Waals surface area contributed by atoms with Gasteiger partial charge in [0.15, 0.2) is 0 Å². The predicted molar refractivity (Wildman–Crippen MR) is 75.7 cm³/mol. The second-order valence-electron chi connectivity index (χ2n) is 4.71. The Morgan fingerprint density at radius 3 is 3.00 bits per heavy atom.